The van der Waals surface area contributed by atoms with Crippen LogP contribution in [-0.2, 0) is 14.3 Å². The summed E-state index contributed by atoms with van der Waals surface area (Å²) in [4.78, 5) is 21.0. The lowest BCUT2D eigenvalue weighted by atomic mass is 10.5. The Morgan fingerprint density at radius 3 is 2.67 bits per heavy atom. The Labute approximate surface area is 71.3 Å². The second-order valence-electron chi connectivity index (χ2n) is 2.30. The lowest BCUT2D eigenvalue weighted by molar-refractivity contribution is -0.128. The minimum absolute atomic E-state index is 0.0128. The highest BCUT2D eigenvalue weighted by Crippen LogP contribution is 1.79. The third-order valence-electron chi connectivity index (χ3n) is 1.04. The molecule has 0 heterocycles. The molecule has 0 aliphatic rings. The summed E-state index contributed by atoms with van der Waals surface area (Å²) in [6.45, 7) is 2.35. The van der Waals surface area contributed by atoms with Crippen LogP contribution in [-0.4, -0.2) is 31.6 Å². The molecule has 0 rings (SSSR count). The molecule has 70 valence electrons. The van der Waals surface area contributed by atoms with Gasteiger partial charge in [0.25, 0.3) is 0 Å². The van der Waals surface area contributed by atoms with Gasteiger partial charge in [0.1, 0.15) is 6.61 Å². The number of hydrogen-bond donors (Lipinski definition) is 2. The molecule has 0 unspecified atom stereocenters. The van der Waals surface area contributed by atoms with Crippen molar-refractivity contribution in [3.05, 3.63) is 0 Å². The summed E-state index contributed by atoms with van der Waals surface area (Å²) in [7, 11) is 0. The van der Waals surface area contributed by atoms with Crippen LogP contribution in [0, 0.1) is 0 Å². The average Bonchev–Trinajstić information content (AvgIpc) is 2.01. The predicted octanol–water partition coefficient (Wildman–Crippen LogP) is -0.985. The van der Waals surface area contributed by atoms with Gasteiger partial charge in [0.05, 0.1) is 6.54 Å². The zero-order chi connectivity index (χ0) is 9.40. The molecule has 0 aliphatic carbocycles. The molecule has 0 spiro atoms. The van der Waals surface area contributed by atoms with E-state index in [2.05, 4.69) is 5.32 Å². The number of nitrogens with one attached hydrogen (secondary N) is 1. The van der Waals surface area contributed by atoms with E-state index < -0.39 is 5.91 Å². The van der Waals surface area contributed by atoms with Crippen LogP contribution in [0.4, 0.5) is 0 Å². The first-order chi connectivity index (χ1) is 5.66. The van der Waals surface area contributed by atoms with Crippen molar-refractivity contribution in [2.24, 2.45) is 5.73 Å². The van der Waals surface area contributed by atoms with Crippen molar-refractivity contribution in [2.45, 2.75) is 13.3 Å². The molecule has 2 amide bonds. The van der Waals surface area contributed by atoms with Gasteiger partial charge >= 0.3 is 0 Å². The third kappa shape index (κ3) is 7.01. The summed E-state index contributed by atoms with van der Waals surface area (Å²) in [5.41, 5.74) is 4.80. The molecular formula is C7H14N2O3. The van der Waals surface area contributed by atoms with E-state index in [1.54, 1.807) is 0 Å². The van der Waals surface area contributed by atoms with Crippen molar-refractivity contribution >= 4 is 11.8 Å². The number of hydrogen-bond acceptors (Lipinski definition) is 3. The zero-order valence-electron chi connectivity index (χ0n) is 7.13. The Kier molecular flexibility index (Phi) is 6.00. The molecule has 5 nitrogen and oxygen atoms in total. The fourth-order valence-electron chi connectivity index (χ4n) is 0.546. The topological polar surface area (TPSA) is 81.4 Å². The Morgan fingerprint density at radius 2 is 2.17 bits per heavy atom. The molecule has 0 aromatic rings. The maximum absolute atomic E-state index is 10.8. The van der Waals surface area contributed by atoms with Crippen molar-refractivity contribution in [3.63, 3.8) is 0 Å². The van der Waals surface area contributed by atoms with Gasteiger partial charge in [-0.3, -0.25) is 9.59 Å². The van der Waals surface area contributed by atoms with E-state index in [4.69, 9.17) is 10.5 Å². The molecule has 5 heteroatoms. The first-order valence-electron chi connectivity index (χ1n) is 3.79. The number of amides is 2. The summed E-state index contributed by atoms with van der Waals surface area (Å²) in [6, 6.07) is 0. The molecular weight excluding hydrogens is 160 g/mol. The van der Waals surface area contributed by atoms with E-state index in [1.807, 2.05) is 6.92 Å². The molecule has 0 atom stereocenters. The Balaban J connectivity index is 3.28. The smallest absolute Gasteiger partial charge is 0.246 e. The summed E-state index contributed by atoms with van der Waals surface area (Å²) in [5, 5.41) is 2.30. The van der Waals surface area contributed by atoms with Crippen LogP contribution in [0.15, 0.2) is 0 Å². The van der Waals surface area contributed by atoms with E-state index in [0.717, 1.165) is 6.42 Å². The van der Waals surface area contributed by atoms with Crippen molar-refractivity contribution in [1.29, 1.82) is 0 Å². The molecule has 3 N–H and O–H groups in total. The van der Waals surface area contributed by atoms with E-state index in [-0.39, 0.29) is 19.1 Å². The number of primary amides is 1. The number of rotatable bonds is 6. The molecule has 0 aromatic carbocycles. The van der Waals surface area contributed by atoms with Gasteiger partial charge in [-0.05, 0) is 6.42 Å². The lowest BCUT2D eigenvalue weighted by Gasteiger charge is -2.02. The van der Waals surface area contributed by atoms with Gasteiger partial charge in [0.15, 0.2) is 0 Å². The molecule has 0 bridgehead atoms. The van der Waals surface area contributed by atoms with Crippen LogP contribution < -0.4 is 11.1 Å². The van der Waals surface area contributed by atoms with Crippen molar-refractivity contribution in [2.75, 3.05) is 19.8 Å². The maximum Gasteiger partial charge on any atom is 0.246 e. The van der Waals surface area contributed by atoms with Gasteiger partial charge in [0.2, 0.25) is 11.8 Å². The van der Waals surface area contributed by atoms with Crippen LogP contribution in [0.1, 0.15) is 13.3 Å². The molecule has 0 aliphatic heterocycles. The second-order valence-corrected chi connectivity index (χ2v) is 2.30. The largest absolute Gasteiger partial charge is 0.372 e. The first-order valence-corrected chi connectivity index (χ1v) is 3.79. The monoisotopic (exact) mass is 174 g/mol. The van der Waals surface area contributed by atoms with Gasteiger partial charge in [-0.1, -0.05) is 6.92 Å². The maximum atomic E-state index is 10.8. The lowest BCUT2D eigenvalue weighted by Crippen LogP contribution is -2.35. The Hall–Kier alpha value is -1.10. The van der Waals surface area contributed by atoms with E-state index >= 15 is 0 Å². The second kappa shape index (κ2) is 6.60. The Morgan fingerprint density at radius 1 is 1.50 bits per heavy atom. The Bertz CT molecular complexity index is 159. The van der Waals surface area contributed by atoms with Crippen molar-refractivity contribution < 1.29 is 14.3 Å². The van der Waals surface area contributed by atoms with E-state index in [1.165, 1.54) is 0 Å². The standard InChI is InChI=1S/C7H14N2O3/c1-2-3-12-5-7(11)9-4-6(8)10/h2-5H2,1H3,(H2,8,10)(H,9,11). The third-order valence-corrected chi connectivity index (χ3v) is 1.04. The number of ether oxygens (including phenoxy) is 1. The van der Waals surface area contributed by atoms with Gasteiger partial charge in [-0.25, -0.2) is 0 Å². The van der Waals surface area contributed by atoms with Crippen LogP contribution in [0.25, 0.3) is 0 Å². The minimum atomic E-state index is -0.557. The van der Waals surface area contributed by atoms with Crippen LogP contribution in [0.2, 0.25) is 0 Å². The SMILES string of the molecule is CCCOCC(=O)NCC(N)=O. The number of nitrogens with two attached hydrogens (primary N) is 1. The summed E-state index contributed by atoms with van der Waals surface area (Å²) < 4.78 is 4.91. The van der Waals surface area contributed by atoms with Crippen molar-refractivity contribution in [3.8, 4) is 0 Å². The fraction of sp³-hybridized carbons (Fsp3) is 0.714. The fourth-order valence-corrected chi connectivity index (χ4v) is 0.546. The van der Waals surface area contributed by atoms with Crippen LogP contribution in [0.3, 0.4) is 0 Å². The van der Waals surface area contributed by atoms with E-state index in [0.29, 0.717) is 6.61 Å². The zero-order valence-corrected chi connectivity index (χ0v) is 7.13. The van der Waals surface area contributed by atoms with Gasteiger partial charge in [-0.2, -0.15) is 0 Å². The highest BCUT2D eigenvalue weighted by atomic mass is 16.5. The van der Waals surface area contributed by atoms with E-state index in [9.17, 15) is 9.59 Å². The normalized spacial score (nSPS) is 9.42. The van der Waals surface area contributed by atoms with Crippen LogP contribution >= 0.6 is 0 Å². The number of carbonyl (C=O) groups excluding carboxylic acids is 2. The molecule has 12 heavy (non-hydrogen) atoms. The molecule has 0 aromatic heterocycles. The number of carbonyl (C=O) groups is 2. The predicted molar refractivity (Wildman–Crippen MR) is 43.3 cm³/mol. The van der Waals surface area contributed by atoms with Crippen LogP contribution in [0.5, 0.6) is 0 Å². The summed E-state index contributed by atoms with van der Waals surface area (Å²) in [6.07, 6.45) is 0.864. The van der Waals surface area contributed by atoms with Gasteiger partial charge in [0, 0.05) is 6.61 Å². The summed E-state index contributed by atoms with van der Waals surface area (Å²) in [5.74, 6) is -0.874. The van der Waals surface area contributed by atoms with Gasteiger partial charge in [-0.15, -0.1) is 0 Å². The molecule has 0 fully saturated rings. The molecule has 0 radical (unpaired) electrons. The highest BCUT2D eigenvalue weighted by Gasteiger charge is 2.01. The average molecular weight is 174 g/mol. The molecule has 0 saturated heterocycles. The van der Waals surface area contributed by atoms with Crippen molar-refractivity contribution in [1.82, 2.24) is 5.32 Å². The minimum Gasteiger partial charge on any atom is -0.372 e. The van der Waals surface area contributed by atoms with Gasteiger partial charge < -0.3 is 15.8 Å². The quantitative estimate of drug-likeness (QED) is 0.507. The summed E-state index contributed by atoms with van der Waals surface area (Å²) >= 11 is 0. The molecule has 0 saturated carbocycles. The first kappa shape index (κ1) is 10.9. The highest BCUT2D eigenvalue weighted by molar-refractivity contribution is 5.84.